The number of thiophene rings is 1. The number of aryl methyl sites for hydroxylation is 2. The molecule has 0 saturated heterocycles. The summed E-state index contributed by atoms with van der Waals surface area (Å²) in [6, 6.07) is 3.75. The number of carbonyl (C=O) groups is 2. The number of rotatable bonds is 4. The van der Waals surface area contributed by atoms with Crippen molar-refractivity contribution in [1.29, 1.82) is 0 Å². The van der Waals surface area contributed by atoms with Crippen molar-refractivity contribution in [1.82, 2.24) is 9.55 Å². The van der Waals surface area contributed by atoms with Crippen LogP contribution in [0.4, 0.5) is 14.5 Å². The maximum atomic E-state index is 13.1. The SMILES string of the molecule is Cc1c(C(=O)OCC(=O)Nc2ccc3c(c2)OC(F)(F)O3)sc2nc3n(c(=O)c12)CCCCC3. The zero-order valence-corrected chi connectivity index (χ0v) is 18.8. The van der Waals surface area contributed by atoms with Crippen molar-refractivity contribution < 1.29 is 32.6 Å². The second-order valence-corrected chi connectivity index (χ2v) is 8.98. The molecule has 1 aromatic carbocycles. The Morgan fingerprint density at radius 1 is 1.24 bits per heavy atom. The lowest BCUT2D eigenvalue weighted by atomic mass is 10.2. The molecule has 12 heteroatoms. The first-order chi connectivity index (χ1) is 16.2. The van der Waals surface area contributed by atoms with Crippen LogP contribution in [-0.2, 0) is 22.5 Å². The number of halogens is 2. The van der Waals surface area contributed by atoms with Crippen LogP contribution in [0.25, 0.3) is 10.2 Å². The Labute approximate surface area is 195 Å². The third kappa shape index (κ3) is 4.09. The predicted octanol–water partition coefficient (Wildman–Crippen LogP) is 3.61. The van der Waals surface area contributed by atoms with Crippen LogP contribution in [0.5, 0.6) is 11.5 Å². The molecule has 2 aliphatic heterocycles. The van der Waals surface area contributed by atoms with Crippen molar-refractivity contribution in [2.75, 3.05) is 11.9 Å². The van der Waals surface area contributed by atoms with Gasteiger partial charge in [0.2, 0.25) is 0 Å². The van der Waals surface area contributed by atoms with E-state index in [1.54, 1.807) is 11.5 Å². The van der Waals surface area contributed by atoms with Gasteiger partial charge in [0.05, 0.1) is 5.39 Å². The molecule has 0 saturated carbocycles. The number of ether oxygens (including phenoxy) is 3. The number of nitrogens with one attached hydrogen (secondary N) is 1. The Morgan fingerprint density at radius 3 is 2.85 bits per heavy atom. The summed E-state index contributed by atoms with van der Waals surface area (Å²) < 4.78 is 41.7. The minimum Gasteiger partial charge on any atom is -0.451 e. The smallest absolute Gasteiger partial charge is 0.451 e. The van der Waals surface area contributed by atoms with Gasteiger partial charge in [-0.25, -0.2) is 9.78 Å². The first kappa shape index (κ1) is 22.3. The Morgan fingerprint density at radius 2 is 2.03 bits per heavy atom. The summed E-state index contributed by atoms with van der Waals surface area (Å²) in [6.07, 6.45) is -0.164. The number of benzene rings is 1. The van der Waals surface area contributed by atoms with E-state index < -0.39 is 24.8 Å². The first-order valence-electron chi connectivity index (χ1n) is 10.6. The topological polar surface area (TPSA) is 109 Å². The molecule has 0 atom stereocenters. The number of alkyl halides is 2. The van der Waals surface area contributed by atoms with Gasteiger partial charge < -0.3 is 19.5 Å². The Kier molecular flexibility index (Phi) is 5.47. The van der Waals surface area contributed by atoms with Crippen molar-refractivity contribution in [2.45, 2.75) is 45.4 Å². The fraction of sp³-hybridized carbons (Fsp3) is 0.364. The lowest BCUT2D eigenvalue weighted by molar-refractivity contribution is -0.286. The molecule has 3 aromatic rings. The third-order valence-electron chi connectivity index (χ3n) is 5.62. The van der Waals surface area contributed by atoms with Crippen LogP contribution >= 0.6 is 11.3 Å². The van der Waals surface area contributed by atoms with E-state index in [1.807, 2.05) is 0 Å². The van der Waals surface area contributed by atoms with Gasteiger partial charge in [0, 0.05) is 24.7 Å². The summed E-state index contributed by atoms with van der Waals surface area (Å²) in [6.45, 7) is 1.65. The highest BCUT2D eigenvalue weighted by molar-refractivity contribution is 7.20. The standard InChI is InChI=1S/C22H19F2N3O6S/c1-11-17-19(26-15-5-3-2-4-8-27(15)20(17)29)34-18(11)21(30)31-10-16(28)25-12-6-7-13-14(9-12)33-22(23,24)32-13/h6-7,9H,2-5,8,10H2,1H3,(H,25,28). The third-order valence-corrected chi connectivity index (χ3v) is 6.78. The molecule has 178 valence electrons. The maximum absolute atomic E-state index is 13.1. The Balaban J connectivity index is 1.28. The summed E-state index contributed by atoms with van der Waals surface area (Å²) in [5.74, 6) is -1.09. The molecular formula is C22H19F2N3O6S. The van der Waals surface area contributed by atoms with Crippen LogP contribution in [0, 0.1) is 6.92 Å². The maximum Gasteiger partial charge on any atom is 0.586 e. The quantitative estimate of drug-likeness (QED) is 0.556. The molecule has 1 amide bonds. The second-order valence-electron chi connectivity index (χ2n) is 7.99. The molecular weight excluding hydrogens is 472 g/mol. The lowest BCUT2D eigenvalue weighted by Crippen LogP contribution is -2.25. The van der Waals surface area contributed by atoms with Gasteiger partial charge >= 0.3 is 12.3 Å². The van der Waals surface area contributed by atoms with E-state index in [9.17, 15) is 23.2 Å². The van der Waals surface area contributed by atoms with Gasteiger partial charge in [0.1, 0.15) is 15.5 Å². The molecule has 2 aromatic heterocycles. The average Bonchev–Trinajstić information content (AvgIpc) is 3.15. The van der Waals surface area contributed by atoms with Gasteiger partial charge in [-0.2, -0.15) is 0 Å². The van der Waals surface area contributed by atoms with E-state index in [1.165, 1.54) is 18.2 Å². The number of aromatic nitrogens is 2. The van der Waals surface area contributed by atoms with E-state index in [2.05, 4.69) is 19.8 Å². The van der Waals surface area contributed by atoms with E-state index in [4.69, 9.17) is 4.74 Å². The van der Waals surface area contributed by atoms with Gasteiger partial charge in [-0.05, 0) is 37.5 Å². The molecule has 34 heavy (non-hydrogen) atoms. The molecule has 0 fully saturated rings. The van der Waals surface area contributed by atoms with Crippen molar-refractivity contribution >= 4 is 39.1 Å². The number of hydrogen-bond donors (Lipinski definition) is 1. The highest BCUT2D eigenvalue weighted by atomic mass is 32.1. The molecule has 4 heterocycles. The molecule has 2 aliphatic rings. The minimum absolute atomic E-state index is 0.156. The molecule has 0 bridgehead atoms. The normalized spacial score (nSPS) is 16.1. The van der Waals surface area contributed by atoms with Crippen molar-refractivity contribution in [3.8, 4) is 11.5 Å². The number of carbonyl (C=O) groups excluding carboxylic acids is 2. The Hall–Kier alpha value is -3.54. The molecule has 0 radical (unpaired) electrons. The lowest BCUT2D eigenvalue weighted by Gasteiger charge is -2.08. The van der Waals surface area contributed by atoms with Gasteiger partial charge in [-0.1, -0.05) is 6.42 Å². The van der Waals surface area contributed by atoms with E-state index in [0.29, 0.717) is 28.7 Å². The zero-order valence-electron chi connectivity index (χ0n) is 18.0. The largest absolute Gasteiger partial charge is 0.586 e. The zero-order chi connectivity index (χ0) is 24.0. The summed E-state index contributed by atoms with van der Waals surface area (Å²) in [4.78, 5) is 43.2. The number of hydrogen-bond acceptors (Lipinski definition) is 8. The van der Waals surface area contributed by atoms with Crippen molar-refractivity contribution in [3.05, 3.63) is 44.8 Å². The van der Waals surface area contributed by atoms with E-state index in [-0.39, 0.29) is 27.6 Å². The second kappa shape index (κ2) is 8.35. The summed E-state index contributed by atoms with van der Waals surface area (Å²) >= 11 is 1.06. The Bertz CT molecular complexity index is 1380. The number of esters is 1. The highest BCUT2D eigenvalue weighted by Gasteiger charge is 2.43. The number of nitrogens with zero attached hydrogens (tertiary/aromatic N) is 2. The van der Waals surface area contributed by atoms with Crippen LogP contribution in [-0.4, -0.2) is 34.3 Å². The van der Waals surface area contributed by atoms with Crippen molar-refractivity contribution in [2.24, 2.45) is 0 Å². The summed E-state index contributed by atoms with van der Waals surface area (Å²) in [7, 11) is 0. The molecule has 1 N–H and O–H groups in total. The van der Waals surface area contributed by atoms with Crippen LogP contribution in [0.15, 0.2) is 23.0 Å². The first-order valence-corrected chi connectivity index (χ1v) is 11.4. The molecule has 5 rings (SSSR count). The van der Waals surface area contributed by atoms with Crippen LogP contribution in [0.3, 0.4) is 0 Å². The number of fused-ring (bicyclic) bond motifs is 3. The molecule has 0 unspecified atom stereocenters. The van der Waals surface area contributed by atoms with Gasteiger partial charge in [0.25, 0.3) is 11.5 Å². The van der Waals surface area contributed by atoms with Crippen LogP contribution in [0.2, 0.25) is 0 Å². The van der Waals surface area contributed by atoms with Crippen LogP contribution < -0.4 is 20.3 Å². The minimum atomic E-state index is -3.77. The number of anilines is 1. The summed E-state index contributed by atoms with van der Waals surface area (Å²) in [5.41, 5.74) is 0.470. The highest BCUT2D eigenvalue weighted by Crippen LogP contribution is 2.42. The monoisotopic (exact) mass is 491 g/mol. The summed E-state index contributed by atoms with van der Waals surface area (Å²) in [5, 5.41) is 2.83. The fourth-order valence-electron chi connectivity index (χ4n) is 4.03. The average molecular weight is 491 g/mol. The van der Waals surface area contributed by atoms with E-state index in [0.717, 1.165) is 36.4 Å². The van der Waals surface area contributed by atoms with Crippen molar-refractivity contribution in [3.63, 3.8) is 0 Å². The predicted molar refractivity (Wildman–Crippen MR) is 118 cm³/mol. The molecule has 9 nitrogen and oxygen atoms in total. The fourth-order valence-corrected chi connectivity index (χ4v) is 5.11. The van der Waals surface area contributed by atoms with Gasteiger partial charge in [-0.15, -0.1) is 20.1 Å². The van der Waals surface area contributed by atoms with E-state index >= 15 is 0 Å². The molecule has 0 spiro atoms. The van der Waals surface area contributed by atoms with Crippen LogP contribution in [0.1, 0.15) is 40.3 Å². The van der Waals surface area contributed by atoms with Gasteiger partial charge in [0.15, 0.2) is 18.1 Å². The molecule has 0 aliphatic carbocycles. The number of amides is 1. The van der Waals surface area contributed by atoms with Gasteiger partial charge in [-0.3, -0.25) is 14.2 Å².